The summed E-state index contributed by atoms with van der Waals surface area (Å²) in [5, 5.41) is 9.37. The molecule has 8 aromatic carbocycles. The third-order valence-electron chi connectivity index (χ3n) is 9.79. The van der Waals surface area contributed by atoms with Crippen molar-refractivity contribution in [3.05, 3.63) is 182 Å². The topological polar surface area (TPSA) is 51.6 Å². The molecule has 0 saturated carbocycles. The van der Waals surface area contributed by atoms with Crippen LogP contribution in [-0.2, 0) is 17.7 Å². The first-order chi connectivity index (χ1) is 26.2. The zero-order valence-corrected chi connectivity index (χ0v) is 30.8. The van der Waals surface area contributed by atoms with E-state index in [4.69, 9.17) is 19.9 Å². The average Bonchev–Trinajstić information content (AvgIpc) is 3.22. The molecule has 0 saturated heterocycles. The molecular formula is C48H30IrN4+. The molecule has 0 atom stereocenters. The van der Waals surface area contributed by atoms with Gasteiger partial charge in [0, 0.05) is 0 Å². The van der Waals surface area contributed by atoms with E-state index in [9.17, 15) is 0 Å². The predicted molar refractivity (Wildman–Crippen MR) is 215 cm³/mol. The van der Waals surface area contributed by atoms with Crippen LogP contribution in [0.5, 0.6) is 0 Å². The van der Waals surface area contributed by atoms with Crippen LogP contribution in [0.1, 0.15) is 0 Å². The quantitative estimate of drug-likeness (QED) is 0.167. The van der Waals surface area contributed by atoms with Gasteiger partial charge in [-0.3, -0.25) is 0 Å². The van der Waals surface area contributed by atoms with E-state index >= 15 is 0 Å². The van der Waals surface area contributed by atoms with Crippen LogP contribution in [-0.4, -0.2) is 19.9 Å². The summed E-state index contributed by atoms with van der Waals surface area (Å²) in [5.74, 6) is 0. The number of hydrogen-bond acceptors (Lipinski definition) is 4. The van der Waals surface area contributed by atoms with E-state index < -0.39 is 17.7 Å². The van der Waals surface area contributed by atoms with Gasteiger partial charge in [0.1, 0.15) is 0 Å². The third-order valence-corrected chi connectivity index (χ3v) is 11.9. The van der Waals surface area contributed by atoms with Gasteiger partial charge in [0.25, 0.3) is 0 Å². The maximum absolute atomic E-state index is 5.32. The molecule has 250 valence electrons. The van der Waals surface area contributed by atoms with Crippen molar-refractivity contribution in [2.75, 3.05) is 0 Å². The van der Waals surface area contributed by atoms with Crippen LogP contribution in [0, 0.1) is 0 Å². The molecule has 2 aromatic heterocycles. The SMILES string of the molecule is c1ccc2c(-c3cc(-c4cccc5ccccc45)n[c]([Ir+][c]4nc(-c5cccc6ccccc56)cc(-c5cccc6ccccc56)n4)n3)cccc2c1. The van der Waals surface area contributed by atoms with Crippen LogP contribution in [0.15, 0.2) is 182 Å². The van der Waals surface area contributed by atoms with Crippen molar-refractivity contribution in [3.8, 4) is 45.0 Å². The van der Waals surface area contributed by atoms with Crippen molar-refractivity contribution >= 4 is 51.8 Å². The molecule has 5 heteroatoms. The Bertz CT molecular complexity index is 2590. The number of fused-ring (bicyclic) bond motifs is 4. The van der Waals surface area contributed by atoms with Crippen molar-refractivity contribution < 1.29 is 17.7 Å². The molecule has 0 radical (unpaired) electrons. The Labute approximate surface area is 314 Å². The zero-order valence-electron chi connectivity index (χ0n) is 28.4. The first-order valence-electron chi connectivity index (χ1n) is 17.6. The van der Waals surface area contributed by atoms with E-state index in [2.05, 4.69) is 182 Å². The second-order valence-corrected chi connectivity index (χ2v) is 15.7. The molecule has 53 heavy (non-hydrogen) atoms. The minimum absolute atomic E-state index is 0.789. The monoisotopic (exact) mass is 855 g/mol. The van der Waals surface area contributed by atoms with Gasteiger partial charge in [0.15, 0.2) is 0 Å². The Morgan fingerprint density at radius 3 is 0.792 bits per heavy atom. The van der Waals surface area contributed by atoms with Gasteiger partial charge in [0.05, 0.1) is 0 Å². The Kier molecular flexibility index (Phi) is 7.87. The van der Waals surface area contributed by atoms with Gasteiger partial charge in [0.2, 0.25) is 0 Å². The molecule has 0 aliphatic heterocycles. The van der Waals surface area contributed by atoms with E-state index in [-0.39, 0.29) is 0 Å². The van der Waals surface area contributed by atoms with Crippen molar-refractivity contribution in [2.24, 2.45) is 0 Å². The third kappa shape index (κ3) is 5.87. The Balaban J connectivity index is 1.19. The van der Waals surface area contributed by atoms with Gasteiger partial charge in [-0.25, -0.2) is 0 Å². The second kappa shape index (κ2) is 13.3. The van der Waals surface area contributed by atoms with Crippen molar-refractivity contribution in [2.45, 2.75) is 0 Å². The number of rotatable bonds is 6. The van der Waals surface area contributed by atoms with E-state index in [1.165, 1.54) is 21.5 Å². The van der Waals surface area contributed by atoms with Gasteiger partial charge in [-0.05, 0) is 0 Å². The van der Waals surface area contributed by atoms with Gasteiger partial charge < -0.3 is 0 Å². The molecule has 10 aromatic rings. The van der Waals surface area contributed by atoms with Crippen molar-refractivity contribution in [3.63, 3.8) is 0 Å². The summed E-state index contributed by atoms with van der Waals surface area (Å²) in [6.07, 6.45) is 0. The standard InChI is InChI=1S/2C24H15N2.Ir/c2*1-3-11-19-17(7-1)9-5-13-21(19)23-15-24(26-16-25-23)22-14-6-10-18-8-2-4-12-20(18)22;/h2*1-15H;/q;;+1. The summed E-state index contributed by atoms with van der Waals surface area (Å²) >= 11 is -1.22. The van der Waals surface area contributed by atoms with E-state index in [0.717, 1.165) is 75.3 Å². The summed E-state index contributed by atoms with van der Waals surface area (Å²) in [6.45, 7) is 0. The molecule has 0 spiro atoms. The molecule has 0 unspecified atom stereocenters. The first-order valence-corrected chi connectivity index (χ1v) is 20.0. The van der Waals surface area contributed by atoms with Crippen LogP contribution in [0.3, 0.4) is 0 Å². The number of hydrogen-bond donors (Lipinski definition) is 0. The molecule has 4 nitrogen and oxygen atoms in total. The van der Waals surface area contributed by atoms with Crippen LogP contribution < -0.4 is 8.68 Å². The first kappa shape index (κ1) is 31.4. The number of nitrogens with zero attached hydrogens (tertiary/aromatic N) is 4. The number of aromatic nitrogens is 4. The Morgan fingerprint density at radius 1 is 0.264 bits per heavy atom. The van der Waals surface area contributed by atoms with Crippen LogP contribution in [0.2, 0.25) is 0 Å². The molecule has 0 aliphatic carbocycles. The fourth-order valence-corrected chi connectivity index (χ4v) is 9.47. The molecule has 0 N–H and O–H groups in total. The summed E-state index contributed by atoms with van der Waals surface area (Å²) in [6, 6.07) is 64.0. The molecule has 0 amide bonds. The van der Waals surface area contributed by atoms with Gasteiger partial charge in [-0.2, -0.15) is 0 Å². The average molecular weight is 855 g/mol. The van der Waals surface area contributed by atoms with Gasteiger partial charge in [-0.15, -0.1) is 0 Å². The van der Waals surface area contributed by atoms with Crippen molar-refractivity contribution in [1.29, 1.82) is 0 Å². The summed E-state index contributed by atoms with van der Waals surface area (Å²) < 4.78 is 1.58. The predicted octanol–water partition coefficient (Wildman–Crippen LogP) is 10.6. The molecule has 0 aliphatic rings. The van der Waals surface area contributed by atoms with Gasteiger partial charge in [-0.1, -0.05) is 0 Å². The van der Waals surface area contributed by atoms with Gasteiger partial charge >= 0.3 is 316 Å². The fraction of sp³-hybridized carbons (Fsp3) is 0. The van der Waals surface area contributed by atoms with E-state index in [0.29, 0.717) is 0 Å². The van der Waals surface area contributed by atoms with Crippen LogP contribution >= 0.6 is 0 Å². The van der Waals surface area contributed by atoms with E-state index in [1.54, 1.807) is 0 Å². The molecule has 0 fully saturated rings. The van der Waals surface area contributed by atoms with E-state index in [1.807, 2.05) is 0 Å². The second-order valence-electron chi connectivity index (χ2n) is 13.0. The molecule has 0 bridgehead atoms. The summed E-state index contributed by atoms with van der Waals surface area (Å²) in [7, 11) is 0. The zero-order chi connectivity index (χ0) is 35.1. The van der Waals surface area contributed by atoms with Crippen molar-refractivity contribution in [1.82, 2.24) is 19.9 Å². The molecular weight excluding hydrogens is 825 g/mol. The Morgan fingerprint density at radius 2 is 0.509 bits per heavy atom. The summed E-state index contributed by atoms with van der Waals surface area (Å²) in [5.41, 5.74) is 7.94. The van der Waals surface area contributed by atoms with Crippen LogP contribution in [0.4, 0.5) is 0 Å². The molecule has 2 heterocycles. The fourth-order valence-electron chi connectivity index (χ4n) is 7.30. The normalized spacial score (nSPS) is 11.5. The summed E-state index contributed by atoms with van der Waals surface area (Å²) in [4.78, 5) is 21.3. The maximum atomic E-state index is 5.32. The minimum atomic E-state index is -1.22. The van der Waals surface area contributed by atoms with Crippen LogP contribution in [0.25, 0.3) is 88.1 Å². The Hall–Kier alpha value is -6.39. The number of benzene rings is 8. The molecule has 10 rings (SSSR count).